The van der Waals surface area contributed by atoms with E-state index in [-0.39, 0.29) is 24.0 Å². The van der Waals surface area contributed by atoms with E-state index in [9.17, 15) is 0 Å². The summed E-state index contributed by atoms with van der Waals surface area (Å²) in [6, 6.07) is 7.94. The Kier molecular flexibility index (Phi) is 10.6. The molecule has 0 saturated heterocycles. The Bertz CT molecular complexity index is 701. The molecule has 0 saturated carbocycles. The van der Waals surface area contributed by atoms with Gasteiger partial charge in [0.15, 0.2) is 11.8 Å². The van der Waals surface area contributed by atoms with Crippen LogP contribution in [-0.2, 0) is 20.0 Å². The van der Waals surface area contributed by atoms with Crippen LogP contribution in [0.3, 0.4) is 0 Å². The van der Waals surface area contributed by atoms with Gasteiger partial charge in [0.1, 0.15) is 12.4 Å². The third kappa shape index (κ3) is 7.49. The van der Waals surface area contributed by atoms with E-state index in [1.54, 1.807) is 0 Å². The normalized spacial score (nSPS) is 11.2. The van der Waals surface area contributed by atoms with E-state index >= 15 is 0 Å². The van der Waals surface area contributed by atoms with Crippen molar-refractivity contribution >= 4 is 41.5 Å². The molecule has 2 aromatic rings. The van der Waals surface area contributed by atoms with Crippen molar-refractivity contribution in [2.45, 2.75) is 39.7 Å². The minimum Gasteiger partial charge on any atom is -0.356 e. The molecule has 0 unspecified atom stereocenters. The van der Waals surface area contributed by atoms with Crippen LogP contribution in [0.5, 0.6) is 0 Å². The van der Waals surface area contributed by atoms with Crippen LogP contribution in [0.1, 0.15) is 37.0 Å². The van der Waals surface area contributed by atoms with Crippen LogP contribution in [-0.4, -0.2) is 33.8 Å². The summed E-state index contributed by atoms with van der Waals surface area (Å²) >= 11 is 6.03. The van der Waals surface area contributed by atoms with Gasteiger partial charge in [-0.3, -0.25) is 0 Å². The molecule has 6 nitrogen and oxygen atoms in total. The summed E-state index contributed by atoms with van der Waals surface area (Å²) in [6.07, 6.45) is 3.14. The Morgan fingerprint density at radius 3 is 2.65 bits per heavy atom. The lowest BCUT2D eigenvalue weighted by atomic mass is 10.1. The molecule has 0 spiro atoms. The smallest absolute Gasteiger partial charge is 0.191 e. The van der Waals surface area contributed by atoms with Crippen LogP contribution >= 0.6 is 35.6 Å². The Balaban J connectivity index is 0.00000338. The molecule has 0 fully saturated rings. The van der Waals surface area contributed by atoms with Crippen molar-refractivity contribution in [3.63, 3.8) is 0 Å². The predicted octanol–water partition coefficient (Wildman–Crippen LogP) is 3.47. The number of hydrogen-bond donors (Lipinski definition) is 2. The molecule has 0 radical (unpaired) electrons. The van der Waals surface area contributed by atoms with Crippen molar-refractivity contribution in [1.29, 1.82) is 0 Å². The fourth-order valence-electron chi connectivity index (χ4n) is 2.31. The minimum absolute atomic E-state index is 0. The third-order valence-corrected chi connectivity index (χ3v) is 4.21. The number of benzene rings is 1. The van der Waals surface area contributed by atoms with Crippen LogP contribution in [0.25, 0.3) is 0 Å². The van der Waals surface area contributed by atoms with Crippen molar-refractivity contribution in [2.24, 2.45) is 12.0 Å². The fourth-order valence-corrected chi connectivity index (χ4v) is 2.53. The molecular weight excluding hydrogens is 463 g/mol. The lowest BCUT2D eigenvalue weighted by Gasteiger charge is -2.12. The molecule has 0 aliphatic carbocycles. The minimum atomic E-state index is 0. The molecule has 0 atom stereocenters. The van der Waals surface area contributed by atoms with Crippen molar-refractivity contribution < 1.29 is 0 Å². The van der Waals surface area contributed by atoms with Crippen LogP contribution in [0.4, 0.5) is 0 Å². The number of nitrogens with one attached hydrogen (secondary N) is 2. The number of halogens is 2. The number of rotatable bonds is 8. The molecule has 0 amide bonds. The highest BCUT2D eigenvalue weighted by Gasteiger charge is 2.05. The summed E-state index contributed by atoms with van der Waals surface area (Å²) in [6.45, 7) is 6.29. The van der Waals surface area contributed by atoms with E-state index in [1.165, 1.54) is 5.56 Å². The molecule has 26 heavy (non-hydrogen) atoms. The van der Waals surface area contributed by atoms with E-state index in [4.69, 9.17) is 11.6 Å². The molecule has 144 valence electrons. The van der Waals surface area contributed by atoms with Gasteiger partial charge in [0.2, 0.25) is 0 Å². The highest BCUT2D eigenvalue weighted by molar-refractivity contribution is 14.0. The van der Waals surface area contributed by atoms with Gasteiger partial charge in [-0.15, -0.1) is 34.2 Å². The zero-order valence-corrected chi connectivity index (χ0v) is 18.7. The monoisotopic (exact) mass is 490 g/mol. The van der Waals surface area contributed by atoms with Gasteiger partial charge in [-0.2, -0.15) is 0 Å². The SMILES string of the molecule is CCCCNC(=NCc1nnc(C)n1C)NCCc1cccc(Cl)c1.I. The maximum atomic E-state index is 6.03. The zero-order chi connectivity index (χ0) is 18.1. The molecule has 1 aromatic carbocycles. The largest absolute Gasteiger partial charge is 0.356 e. The summed E-state index contributed by atoms with van der Waals surface area (Å²) in [5.74, 6) is 2.54. The van der Waals surface area contributed by atoms with E-state index < -0.39 is 0 Å². The number of unbranched alkanes of at least 4 members (excludes halogenated alkanes) is 1. The van der Waals surface area contributed by atoms with Gasteiger partial charge in [0, 0.05) is 25.2 Å². The van der Waals surface area contributed by atoms with E-state index in [1.807, 2.05) is 36.7 Å². The van der Waals surface area contributed by atoms with Crippen molar-refractivity contribution in [3.05, 3.63) is 46.5 Å². The molecule has 0 aliphatic heterocycles. The maximum absolute atomic E-state index is 6.03. The molecule has 0 aliphatic rings. The van der Waals surface area contributed by atoms with Gasteiger partial charge in [0.05, 0.1) is 0 Å². The van der Waals surface area contributed by atoms with Gasteiger partial charge >= 0.3 is 0 Å². The molecular formula is C18H28ClIN6. The first-order valence-electron chi connectivity index (χ1n) is 8.71. The molecule has 1 heterocycles. The molecule has 0 bridgehead atoms. The Morgan fingerprint density at radius 1 is 1.23 bits per heavy atom. The molecule has 8 heteroatoms. The molecule has 1 aromatic heterocycles. The Hall–Kier alpha value is -1.35. The average Bonchev–Trinajstić information content (AvgIpc) is 2.91. The van der Waals surface area contributed by atoms with Crippen LogP contribution in [0.2, 0.25) is 5.02 Å². The standard InChI is InChI=1S/C18H27ClN6.HI/c1-4-5-10-20-18(22-13-17-24-23-14(2)25(17)3)21-11-9-15-7-6-8-16(19)12-15;/h6-8,12H,4-5,9-11,13H2,1-3H3,(H2,20,21,22);1H. The van der Waals surface area contributed by atoms with Crippen LogP contribution < -0.4 is 10.6 Å². The number of guanidine groups is 1. The van der Waals surface area contributed by atoms with Crippen molar-refractivity contribution in [1.82, 2.24) is 25.4 Å². The number of hydrogen-bond acceptors (Lipinski definition) is 3. The van der Waals surface area contributed by atoms with E-state index in [2.05, 4.69) is 38.8 Å². The lowest BCUT2D eigenvalue weighted by molar-refractivity contribution is 0.714. The van der Waals surface area contributed by atoms with Gasteiger partial charge in [-0.25, -0.2) is 4.99 Å². The number of nitrogens with zero attached hydrogens (tertiary/aromatic N) is 4. The summed E-state index contributed by atoms with van der Waals surface area (Å²) in [5.41, 5.74) is 1.21. The number of aromatic nitrogens is 3. The van der Waals surface area contributed by atoms with Crippen molar-refractivity contribution in [2.75, 3.05) is 13.1 Å². The number of aliphatic imine (C=N–C) groups is 1. The van der Waals surface area contributed by atoms with E-state index in [0.29, 0.717) is 6.54 Å². The lowest BCUT2D eigenvalue weighted by Crippen LogP contribution is -2.39. The molecule has 2 N–H and O–H groups in total. The summed E-state index contributed by atoms with van der Waals surface area (Å²) in [7, 11) is 1.96. The Morgan fingerprint density at radius 2 is 2.00 bits per heavy atom. The van der Waals surface area contributed by atoms with Crippen molar-refractivity contribution in [3.8, 4) is 0 Å². The van der Waals surface area contributed by atoms with Gasteiger partial charge < -0.3 is 15.2 Å². The first kappa shape index (κ1) is 22.7. The number of aryl methyl sites for hydroxylation is 1. The summed E-state index contributed by atoms with van der Waals surface area (Å²) < 4.78 is 1.96. The highest BCUT2D eigenvalue weighted by Crippen LogP contribution is 2.10. The third-order valence-electron chi connectivity index (χ3n) is 3.98. The maximum Gasteiger partial charge on any atom is 0.191 e. The van der Waals surface area contributed by atoms with Crippen LogP contribution in [0, 0.1) is 6.92 Å². The van der Waals surface area contributed by atoms with Gasteiger partial charge in [-0.1, -0.05) is 37.1 Å². The topological polar surface area (TPSA) is 67.1 Å². The quantitative estimate of drug-likeness (QED) is 0.257. The van der Waals surface area contributed by atoms with Gasteiger partial charge in [-0.05, 0) is 37.5 Å². The highest BCUT2D eigenvalue weighted by atomic mass is 127. The fraction of sp³-hybridized carbons (Fsp3) is 0.500. The Labute approximate surface area is 177 Å². The second-order valence-corrected chi connectivity index (χ2v) is 6.41. The summed E-state index contributed by atoms with van der Waals surface area (Å²) in [4.78, 5) is 4.63. The van der Waals surface area contributed by atoms with Crippen LogP contribution in [0.15, 0.2) is 29.3 Å². The zero-order valence-electron chi connectivity index (χ0n) is 15.6. The average molecular weight is 491 g/mol. The second-order valence-electron chi connectivity index (χ2n) is 5.97. The summed E-state index contributed by atoms with van der Waals surface area (Å²) in [5, 5.41) is 15.7. The van der Waals surface area contributed by atoms with E-state index in [0.717, 1.165) is 55.0 Å². The molecule has 2 rings (SSSR count). The predicted molar refractivity (Wildman–Crippen MR) is 118 cm³/mol. The second kappa shape index (κ2) is 12.1. The first-order valence-corrected chi connectivity index (χ1v) is 9.09. The van der Waals surface area contributed by atoms with Gasteiger partial charge in [0.25, 0.3) is 0 Å². The first-order chi connectivity index (χ1) is 12.1.